The number of hydrogen-bond acceptors (Lipinski definition) is 4. The molecule has 0 aliphatic carbocycles. The Hall–Kier alpha value is -3.22. The van der Waals surface area contributed by atoms with Gasteiger partial charge in [0.05, 0.1) is 0 Å². The van der Waals surface area contributed by atoms with E-state index in [0.717, 1.165) is 0 Å². The van der Waals surface area contributed by atoms with Crippen LogP contribution < -0.4 is 10.6 Å². The van der Waals surface area contributed by atoms with E-state index in [2.05, 4.69) is 10.6 Å². The molecule has 142 valence electrons. The van der Waals surface area contributed by atoms with E-state index in [1.165, 1.54) is 26.0 Å². The molecular weight excluding hydrogens is 351 g/mol. The molecule has 0 spiro atoms. The van der Waals surface area contributed by atoms with Crippen LogP contribution in [0.4, 0.5) is 10.1 Å². The summed E-state index contributed by atoms with van der Waals surface area (Å²) in [6.07, 6.45) is -1.11. The zero-order chi connectivity index (χ0) is 20.0. The molecule has 2 aromatic rings. The Kier molecular flexibility index (Phi) is 6.65. The molecule has 7 heteroatoms. The van der Waals surface area contributed by atoms with Crippen LogP contribution in [0.3, 0.4) is 0 Å². The lowest BCUT2D eigenvalue weighted by molar-refractivity contribution is -0.154. The number of aryl methyl sites for hydroxylation is 1. The molecule has 2 amide bonds. The van der Waals surface area contributed by atoms with Gasteiger partial charge in [0.15, 0.2) is 6.10 Å². The summed E-state index contributed by atoms with van der Waals surface area (Å²) in [4.78, 5) is 36.3. The second kappa shape index (κ2) is 8.93. The Morgan fingerprint density at radius 2 is 1.70 bits per heavy atom. The lowest BCUT2D eigenvalue weighted by atomic mass is 10.2. The van der Waals surface area contributed by atoms with Gasteiger partial charge >= 0.3 is 5.97 Å². The summed E-state index contributed by atoms with van der Waals surface area (Å²) >= 11 is 0. The predicted molar refractivity (Wildman–Crippen MR) is 98.7 cm³/mol. The Morgan fingerprint density at radius 3 is 2.33 bits per heavy atom. The number of carbonyl (C=O) groups is 3. The first-order valence-electron chi connectivity index (χ1n) is 8.41. The molecule has 0 heterocycles. The van der Waals surface area contributed by atoms with E-state index < -0.39 is 35.7 Å². The fraction of sp³-hybridized carbons (Fsp3) is 0.250. The molecule has 2 atom stereocenters. The molecule has 0 fully saturated rings. The van der Waals surface area contributed by atoms with Crippen LogP contribution in [0.5, 0.6) is 0 Å². The van der Waals surface area contributed by atoms with E-state index in [4.69, 9.17) is 4.74 Å². The molecule has 0 saturated carbocycles. The summed E-state index contributed by atoms with van der Waals surface area (Å²) in [7, 11) is 0. The molecule has 0 aliphatic rings. The van der Waals surface area contributed by atoms with Gasteiger partial charge in [-0.05, 0) is 50.6 Å². The van der Waals surface area contributed by atoms with Gasteiger partial charge in [0.25, 0.3) is 11.8 Å². The number of nitrogens with one attached hydrogen (secondary N) is 2. The minimum atomic E-state index is -1.11. The van der Waals surface area contributed by atoms with E-state index in [9.17, 15) is 18.8 Å². The standard InChI is InChI=1S/C20H21FN2O4/c1-12-9-10-16(11-17(12)21)23-18(24)14(3)27-20(26)13(2)22-19(25)15-7-5-4-6-8-15/h4-11,13-14H,1-3H3,(H,22,25)(H,23,24)/t13-,14-/m0/s1. The van der Waals surface area contributed by atoms with Gasteiger partial charge in [0, 0.05) is 11.3 Å². The summed E-state index contributed by atoms with van der Waals surface area (Å²) in [5.74, 6) is -2.23. The fourth-order valence-electron chi connectivity index (χ4n) is 2.17. The maximum absolute atomic E-state index is 13.5. The number of halogens is 1. The molecule has 2 aromatic carbocycles. The van der Waals surface area contributed by atoms with Crippen LogP contribution in [-0.2, 0) is 14.3 Å². The van der Waals surface area contributed by atoms with Gasteiger partial charge in [-0.15, -0.1) is 0 Å². The lowest BCUT2D eigenvalue weighted by Crippen LogP contribution is -2.42. The Labute approximate surface area is 156 Å². The van der Waals surface area contributed by atoms with Gasteiger partial charge in [0.1, 0.15) is 11.9 Å². The van der Waals surface area contributed by atoms with Gasteiger partial charge in [-0.1, -0.05) is 24.3 Å². The van der Waals surface area contributed by atoms with E-state index in [0.29, 0.717) is 11.1 Å². The topological polar surface area (TPSA) is 84.5 Å². The molecule has 2 rings (SSSR count). The highest BCUT2D eigenvalue weighted by Gasteiger charge is 2.23. The summed E-state index contributed by atoms with van der Waals surface area (Å²) in [5, 5.41) is 4.99. The van der Waals surface area contributed by atoms with E-state index in [1.54, 1.807) is 43.3 Å². The second-order valence-corrected chi connectivity index (χ2v) is 6.09. The van der Waals surface area contributed by atoms with Crippen molar-refractivity contribution in [1.82, 2.24) is 5.32 Å². The van der Waals surface area contributed by atoms with E-state index in [-0.39, 0.29) is 5.69 Å². The molecular formula is C20H21FN2O4. The van der Waals surface area contributed by atoms with Crippen LogP contribution in [0.1, 0.15) is 29.8 Å². The second-order valence-electron chi connectivity index (χ2n) is 6.09. The highest BCUT2D eigenvalue weighted by molar-refractivity contribution is 5.98. The van der Waals surface area contributed by atoms with Gasteiger partial charge in [-0.3, -0.25) is 9.59 Å². The lowest BCUT2D eigenvalue weighted by Gasteiger charge is -2.17. The number of esters is 1. The highest BCUT2D eigenvalue weighted by atomic mass is 19.1. The van der Waals surface area contributed by atoms with Crippen molar-refractivity contribution in [3.8, 4) is 0 Å². The number of carbonyl (C=O) groups excluding carboxylic acids is 3. The molecule has 2 N–H and O–H groups in total. The third kappa shape index (κ3) is 5.64. The van der Waals surface area contributed by atoms with Crippen molar-refractivity contribution >= 4 is 23.5 Å². The Bertz CT molecular complexity index is 839. The first-order valence-corrected chi connectivity index (χ1v) is 8.41. The minimum absolute atomic E-state index is 0.261. The van der Waals surface area contributed by atoms with Crippen LogP contribution in [0.15, 0.2) is 48.5 Å². The Morgan fingerprint density at radius 1 is 1.04 bits per heavy atom. The van der Waals surface area contributed by atoms with Gasteiger partial charge < -0.3 is 15.4 Å². The number of ether oxygens (including phenoxy) is 1. The number of hydrogen-bond donors (Lipinski definition) is 2. The summed E-state index contributed by atoms with van der Waals surface area (Å²) in [5.41, 5.74) is 1.12. The van der Waals surface area contributed by atoms with Crippen molar-refractivity contribution in [3.05, 3.63) is 65.5 Å². The maximum atomic E-state index is 13.5. The van der Waals surface area contributed by atoms with Crippen LogP contribution in [0.2, 0.25) is 0 Å². The zero-order valence-corrected chi connectivity index (χ0v) is 15.3. The third-order valence-corrected chi connectivity index (χ3v) is 3.84. The van der Waals surface area contributed by atoms with Crippen molar-refractivity contribution in [2.45, 2.75) is 32.9 Å². The summed E-state index contributed by atoms with van der Waals surface area (Å²) in [6.45, 7) is 4.46. The summed E-state index contributed by atoms with van der Waals surface area (Å²) < 4.78 is 18.6. The number of rotatable bonds is 6. The number of anilines is 1. The largest absolute Gasteiger partial charge is 0.451 e. The van der Waals surface area contributed by atoms with Crippen LogP contribution in [0.25, 0.3) is 0 Å². The average molecular weight is 372 g/mol. The molecule has 0 aromatic heterocycles. The van der Waals surface area contributed by atoms with Gasteiger partial charge in [-0.25, -0.2) is 9.18 Å². The quantitative estimate of drug-likeness (QED) is 0.764. The molecule has 0 saturated heterocycles. The minimum Gasteiger partial charge on any atom is -0.451 e. The van der Waals surface area contributed by atoms with Gasteiger partial charge in [-0.2, -0.15) is 0 Å². The predicted octanol–water partition coefficient (Wildman–Crippen LogP) is 2.82. The van der Waals surface area contributed by atoms with E-state index >= 15 is 0 Å². The van der Waals surface area contributed by atoms with Crippen molar-refractivity contribution in [3.63, 3.8) is 0 Å². The van der Waals surface area contributed by atoms with Crippen LogP contribution >= 0.6 is 0 Å². The average Bonchev–Trinajstić information content (AvgIpc) is 2.65. The van der Waals surface area contributed by atoms with Gasteiger partial charge in [0.2, 0.25) is 0 Å². The smallest absolute Gasteiger partial charge is 0.329 e. The van der Waals surface area contributed by atoms with E-state index in [1.807, 2.05) is 0 Å². The van der Waals surface area contributed by atoms with Crippen LogP contribution in [-0.4, -0.2) is 29.9 Å². The van der Waals surface area contributed by atoms with Crippen molar-refractivity contribution in [1.29, 1.82) is 0 Å². The maximum Gasteiger partial charge on any atom is 0.329 e. The highest BCUT2D eigenvalue weighted by Crippen LogP contribution is 2.14. The summed E-state index contributed by atoms with van der Waals surface area (Å²) in [6, 6.07) is 11.7. The molecule has 27 heavy (non-hydrogen) atoms. The normalized spacial score (nSPS) is 12.6. The molecule has 0 unspecified atom stereocenters. The first kappa shape index (κ1) is 20.1. The van der Waals surface area contributed by atoms with Crippen molar-refractivity contribution < 1.29 is 23.5 Å². The Balaban J connectivity index is 1.88. The number of benzene rings is 2. The molecule has 0 radical (unpaired) electrons. The first-order chi connectivity index (χ1) is 12.8. The SMILES string of the molecule is Cc1ccc(NC(=O)[C@H](C)OC(=O)[C@H](C)NC(=O)c2ccccc2)cc1F. The van der Waals surface area contributed by atoms with Crippen molar-refractivity contribution in [2.75, 3.05) is 5.32 Å². The third-order valence-electron chi connectivity index (χ3n) is 3.84. The molecule has 6 nitrogen and oxygen atoms in total. The number of amides is 2. The fourth-order valence-corrected chi connectivity index (χ4v) is 2.17. The molecule has 0 bridgehead atoms. The monoisotopic (exact) mass is 372 g/mol. The molecule has 0 aliphatic heterocycles. The zero-order valence-electron chi connectivity index (χ0n) is 15.3. The van der Waals surface area contributed by atoms with Crippen LogP contribution in [0, 0.1) is 12.7 Å². The van der Waals surface area contributed by atoms with Crippen molar-refractivity contribution in [2.24, 2.45) is 0 Å².